The average molecular weight is 371 g/mol. The fourth-order valence-electron chi connectivity index (χ4n) is 2.42. The molecule has 1 atom stereocenters. The number of oxazole rings is 1. The Bertz CT molecular complexity index is 828. The Morgan fingerprint density at radius 3 is 2.81 bits per heavy atom. The van der Waals surface area contributed by atoms with Crippen LogP contribution in [0.25, 0.3) is 10.8 Å². The van der Waals surface area contributed by atoms with Gasteiger partial charge in [-0.3, -0.25) is 0 Å². The second kappa shape index (κ2) is 8.53. The van der Waals surface area contributed by atoms with Gasteiger partial charge >= 0.3 is 6.03 Å². The summed E-state index contributed by atoms with van der Waals surface area (Å²) in [6, 6.07) is 11.2. The van der Waals surface area contributed by atoms with E-state index in [4.69, 9.17) is 9.15 Å². The van der Waals surface area contributed by atoms with Crippen LogP contribution in [0.15, 0.2) is 52.5 Å². The van der Waals surface area contributed by atoms with Crippen LogP contribution in [0.5, 0.6) is 5.75 Å². The molecule has 2 N–H and O–H groups in total. The van der Waals surface area contributed by atoms with Gasteiger partial charge in [0.1, 0.15) is 12.0 Å². The monoisotopic (exact) mass is 371 g/mol. The largest absolute Gasteiger partial charge is 0.494 e. The molecule has 3 aromatic rings. The Kier molecular flexibility index (Phi) is 5.91. The number of ether oxygens (including phenoxy) is 1. The van der Waals surface area contributed by atoms with Crippen molar-refractivity contribution >= 4 is 17.4 Å². The third-order valence-corrected chi connectivity index (χ3v) is 4.61. The van der Waals surface area contributed by atoms with E-state index in [2.05, 4.69) is 15.6 Å². The Balaban J connectivity index is 1.49. The van der Waals surface area contributed by atoms with Gasteiger partial charge in [-0.1, -0.05) is 18.2 Å². The summed E-state index contributed by atoms with van der Waals surface area (Å²) in [5.41, 5.74) is 1.68. The summed E-state index contributed by atoms with van der Waals surface area (Å²) in [5, 5.41) is 7.67. The maximum absolute atomic E-state index is 12.1. The normalized spacial score (nSPS) is 11.8. The third-order valence-electron chi connectivity index (χ3n) is 3.75. The van der Waals surface area contributed by atoms with Gasteiger partial charge in [0.25, 0.3) is 0 Å². The van der Waals surface area contributed by atoms with E-state index < -0.39 is 0 Å². The zero-order valence-electron chi connectivity index (χ0n) is 14.7. The molecule has 136 valence electrons. The first-order valence-electron chi connectivity index (χ1n) is 8.41. The van der Waals surface area contributed by atoms with Crippen molar-refractivity contribution in [3.05, 3.63) is 59.3 Å². The standard InChI is InChI=1S/C19H21N3O3S/c1-3-24-16-8-6-14(7-9-16)13(2)21-19(23)20-11-15-12-25-18(22-15)17-5-4-10-26-17/h4-10,12-13H,3,11H2,1-2H3,(H2,20,21,23). The van der Waals surface area contributed by atoms with Gasteiger partial charge in [0.15, 0.2) is 0 Å². The molecule has 0 spiro atoms. The van der Waals surface area contributed by atoms with Crippen molar-refractivity contribution in [2.24, 2.45) is 0 Å². The van der Waals surface area contributed by atoms with Crippen LogP contribution in [0, 0.1) is 0 Å². The molecular weight excluding hydrogens is 350 g/mol. The predicted octanol–water partition coefficient (Wildman–Crippen LogP) is 4.36. The van der Waals surface area contributed by atoms with E-state index in [0.29, 0.717) is 24.7 Å². The highest BCUT2D eigenvalue weighted by molar-refractivity contribution is 7.13. The van der Waals surface area contributed by atoms with Crippen molar-refractivity contribution in [2.45, 2.75) is 26.4 Å². The zero-order valence-corrected chi connectivity index (χ0v) is 15.5. The maximum atomic E-state index is 12.1. The van der Waals surface area contributed by atoms with Gasteiger partial charge in [-0.15, -0.1) is 11.3 Å². The maximum Gasteiger partial charge on any atom is 0.315 e. The molecule has 0 fully saturated rings. The summed E-state index contributed by atoms with van der Waals surface area (Å²) in [7, 11) is 0. The van der Waals surface area contributed by atoms with E-state index in [-0.39, 0.29) is 12.1 Å². The van der Waals surface area contributed by atoms with Crippen molar-refractivity contribution in [1.82, 2.24) is 15.6 Å². The number of nitrogens with zero attached hydrogens (tertiary/aromatic N) is 1. The summed E-state index contributed by atoms with van der Waals surface area (Å²) in [4.78, 5) is 17.4. The molecule has 0 saturated carbocycles. The fourth-order valence-corrected chi connectivity index (χ4v) is 3.08. The molecular formula is C19H21N3O3S. The third kappa shape index (κ3) is 4.64. The first-order chi connectivity index (χ1) is 12.7. The number of amides is 2. The minimum Gasteiger partial charge on any atom is -0.494 e. The molecule has 0 radical (unpaired) electrons. The number of aromatic nitrogens is 1. The summed E-state index contributed by atoms with van der Waals surface area (Å²) < 4.78 is 10.9. The van der Waals surface area contributed by atoms with Crippen molar-refractivity contribution in [3.63, 3.8) is 0 Å². The summed E-state index contributed by atoms with van der Waals surface area (Å²) in [6.45, 7) is 4.81. The number of nitrogens with one attached hydrogen (secondary N) is 2. The molecule has 0 aliphatic rings. The second-order valence-electron chi connectivity index (χ2n) is 5.67. The molecule has 0 saturated heterocycles. The molecule has 1 unspecified atom stereocenters. The second-order valence-corrected chi connectivity index (χ2v) is 6.62. The molecule has 6 nitrogen and oxygen atoms in total. The number of carbonyl (C=O) groups is 1. The molecule has 26 heavy (non-hydrogen) atoms. The summed E-state index contributed by atoms with van der Waals surface area (Å²) in [6.07, 6.45) is 1.56. The Morgan fingerprint density at radius 1 is 1.31 bits per heavy atom. The van der Waals surface area contributed by atoms with E-state index in [1.165, 1.54) is 0 Å². The van der Waals surface area contributed by atoms with Gasteiger partial charge in [0.2, 0.25) is 5.89 Å². The lowest BCUT2D eigenvalue weighted by atomic mass is 10.1. The molecule has 3 rings (SSSR count). The van der Waals surface area contributed by atoms with Crippen LogP contribution in [0.2, 0.25) is 0 Å². The average Bonchev–Trinajstić information content (AvgIpc) is 3.32. The van der Waals surface area contributed by atoms with Crippen molar-refractivity contribution in [3.8, 4) is 16.5 Å². The van der Waals surface area contributed by atoms with Crippen molar-refractivity contribution in [1.29, 1.82) is 0 Å². The molecule has 2 heterocycles. The Hall–Kier alpha value is -2.80. The van der Waals surface area contributed by atoms with Crippen molar-refractivity contribution < 1.29 is 13.9 Å². The fraction of sp³-hybridized carbons (Fsp3) is 0.263. The van der Waals surface area contributed by atoms with Crippen LogP contribution in [0.3, 0.4) is 0 Å². The van der Waals surface area contributed by atoms with Crippen LogP contribution in [0.4, 0.5) is 4.79 Å². The summed E-state index contributed by atoms with van der Waals surface area (Å²) in [5.74, 6) is 1.39. The van der Waals surface area contributed by atoms with Crippen LogP contribution in [-0.2, 0) is 6.54 Å². The number of urea groups is 1. The van der Waals surface area contributed by atoms with E-state index >= 15 is 0 Å². The Labute approximate surface area is 156 Å². The highest BCUT2D eigenvalue weighted by atomic mass is 32.1. The lowest BCUT2D eigenvalue weighted by molar-refractivity contribution is 0.237. The molecule has 2 amide bonds. The molecule has 0 bridgehead atoms. The number of hydrogen-bond donors (Lipinski definition) is 2. The van der Waals surface area contributed by atoms with Gasteiger partial charge in [-0.05, 0) is 43.0 Å². The number of thiophene rings is 1. The highest BCUT2D eigenvalue weighted by Gasteiger charge is 2.11. The molecule has 0 aliphatic heterocycles. The van der Waals surface area contributed by atoms with Gasteiger partial charge < -0.3 is 19.8 Å². The van der Waals surface area contributed by atoms with E-state index in [0.717, 1.165) is 16.2 Å². The van der Waals surface area contributed by atoms with E-state index in [1.807, 2.05) is 55.6 Å². The van der Waals surface area contributed by atoms with E-state index in [1.54, 1.807) is 17.6 Å². The highest BCUT2D eigenvalue weighted by Crippen LogP contribution is 2.23. The number of rotatable bonds is 7. The molecule has 2 aromatic heterocycles. The topological polar surface area (TPSA) is 76.4 Å². The van der Waals surface area contributed by atoms with Gasteiger partial charge in [-0.25, -0.2) is 9.78 Å². The smallest absolute Gasteiger partial charge is 0.315 e. The zero-order chi connectivity index (χ0) is 18.4. The SMILES string of the molecule is CCOc1ccc(C(C)NC(=O)NCc2coc(-c3cccs3)n2)cc1. The van der Waals surface area contributed by atoms with Crippen LogP contribution >= 0.6 is 11.3 Å². The lowest BCUT2D eigenvalue weighted by Gasteiger charge is -2.15. The van der Waals surface area contributed by atoms with Crippen molar-refractivity contribution in [2.75, 3.05) is 6.61 Å². The summed E-state index contributed by atoms with van der Waals surface area (Å²) >= 11 is 1.56. The number of hydrogen-bond acceptors (Lipinski definition) is 5. The van der Waals surface area contributed by atoms with Crippen LogP contribution in [-0.4, -0.2) is 17.6 Å². The van der Waals surface area contributed by atoms with Crippen LogP contribution < -0.4 is 15.4 Å². The van der Waals surface area contributed by atoms with Gasteiger partial charge in [0, 0.05) is 0 Å². The van der Waals surface area contributed by atoms with E-state index in [9.17, 15) is 4.79 Å². The minimum atomic E-state index is -0.257. The Morgan fingerprint density at radius 2 is 2.12 bits per heavy atom. The molecule has 0 aliphatic carbocycles. The van der Waals surface area contributed by atoms with Crippen LogP contribution in [0.1, 0.15) is 31.1 Å². The predicted molar refractivity (Wildman–Crippen MR) is 101 cm³/mol. The number of carbonyl (C=O) groups excluding carboxylic acids is 1. The minimum absolute atomic E-state index is 0.121. The molecule has 1 aromatic carbocycles. The number of benzene rings is 1. The van der Waals surface area contributed by atoms with Gasteiger partial charge in [0.05, 0.1) is 29.8 Å². The first-order valence-corrected chi connectivity index (χ1v) is 9.29. The lowest BCUT2D eigenvalue weighted by Crippen LogP contribution is -2.36. The first kappa shape index (κ1) is 18.0. The molecule has 7 heteroatoms. The van der Waals surface area contributed by atoms with Gasteiger partial charge in [-0.2, -0.15) is 0 Å². The quantitative estimate of drug-likeness (QED) is 0.647.